The maximum absolute atomic E-state index is 11.5. The van der Waals surface area contributed by atoms with Crippen LogP contribution in [0.1, 0.15) is 18.4 Å². The van der Waals surface area contributed by atoms with Gasteiger partial charge in [-0.1, -0.05) is 12.1 Å². The molecular formula is C13H17NO4. The second-order valence-electron chi connectivity index (χ2n) is 3.87. The molecule has 0 radical (unpaired) electrons. The van der Waals surface area contributed by atoms with Gasteiger partial charge < -0.3 is 15.2 Å². The van der Waals surface area contributed by atoms with Gasteiger partial charge in [0, 0.05) is 13.0 Å². The number of methoxy groups -OCH3 is 1. The minimum atomic E-state index is -0.848. The van der Waals surface area contributed by atoms with Gasteiger partial charge in [-0.25, -0.2) is 0 Å². The molecule has 1 aromatic rings. The molecule has 1 rings (SSSR count). The second-order valence-corrected chi connectivity index (χ2v) is 3.87. The number of hydrogen-bond acceptors (Lipinski definition) is 3. The number of carboxylic acids is 1. The van der Waals surface area contributed by atoms with Crippen molar-refractivity contribution in [3.63, 3.8) is 0 Å². The maximum atomic E-state index is 11.5. The summed E-state index contributed by atoms with van der Waals surface area (Å²) in [4.78, 5) is 21.8. The van der Waals surface area contributed by atoms with Gasteiger partial charge >= 0.3 is 5.97 Å². The molecule has 5 heteroatoms. The van der Waals surface area contributed by atoms with Crippen LogP contribution in [-0.2, 0) is 16.0 Å². The van der Waals surface area contributed by atoms with Crippen molar-refractivity contribution in [1.29, 1.82) is 0 Å². The van der Waals surface area contributed by atoms with Crippen LogP contribution in [0.2, 0.25) is 0 Å². The van der Waals surface area contributed by atoms with E-state index in [0.29, 0.717) is 13.0 Å². The number of carbonyl (C=O) groups excluding carboxylic acids is 1. The Labute approximate surface area is 106 Å². The number of benzene rings is 1. The van der Waals surface area contributed by atoms with Crippen molar-refractivity contribution >= 4 is 11.9 Å². The van der Waals surface area contributed by atoms with Crippen LogP contribution in [-0.4, -0.2) is 30.6 Å². The summed E-state index contributed by atoms with van der Waals surface area (Å²) in [7, 11) is 1.59. The molecule has 0 aliphatic heterocycles. The van der Waals surface area contributed by atoms with Crippen molar-refractivity contribution in [2.24, 2.45) is 0 Å². The molecular weight excluding hydrogens is 234 g/mol. The Bertz CT molecular complexity index is 400. The molecule has 0 aromatic heterocycles. The van der Waals surface area contributed by atoms with E-state index in [1.54, 1.807) is 19.2 Å². The van der Waals surface area contributed by atoms with Gasteiger partial charge in [-0.2, -0.15) is 0 Å². The molecule has 0 unspecified atom stereocenters. The van der Waals surface area contributed by atoms with Crippen molar-refractivity contribution in [3.8, 4) is 5.75 Å². The summed E-state index contributed by atoms with van der Waals surface area (Å²) in [5.41, 5.74) is 0.895. The molecule has 0 fully saturated rings. The first-order chi connectivity index (χ1) is 8.61. The smallest absolute Gasteiger partial charge is 0.303 e. The molecule has 0 aliphatic carbocycles. The summed E-state index contributed by atoms with van der Waals surface area (Å²) < 4.78 is 5.02. The minimum absolute atomic E-state index is 0.0722. The van der Waals surface area contributed by atoms with E-state index in [4.69, 9.17) is 9.84 Å². The molecule has 0 bridgehead atoms. The van der Waals surface area contributed by atoms with E-state index in [0.717, 1.165) is 11.3 Å². The maximum Gasteiger partial charge on any atom is 0.303 e. The minimum Gasteiger partial charge on any atom is -0.497 e. The van der Waals surface area contributed by atoms with Crippen LogP contribution >= 0.6 is 0 Å². The number of ether oxygens (including phenoxy) is 1. The SMILES string of the molecule is COc1ccc(CC(=O)NCCCC(=O)O)cc1. The molecule has 0 spiro atoms. The summed E-state index contributed by atoms with van der Waals surface area (Å²) in [6.45, 7) is 0.390. The largest absolute Gasteiger partial charge is 0.497 e. The number of amides is 1. The average molecular weight is 251 g/mol. The Balaban J connectivity index is 2.28. The zero-order chi connectivity index (χ0) is 13.4. The highest BCUT2D eigenvalue weighted by Crippen LogP contribution is 2.11. The van der Waals surface area contributed by atoms with E-state index < -0.39 is 5.97 Å². The molecule has 1 aromatic carbocycles. The van der Waals surface area contributed by atoms with E-state index in [9.17, 15) is 9.59 Å². The van der Waals surface area contributed by atoms with E-state index in [2.05, 4.69) is 5.32 Å². The third kappa shape index (κ3) is 5.34. The van der Waals surface area contributed by atoms with Crippen molar-refractivity contribution in [1.82, 2.24) is 5.32 Å². The highest BCUT2D eigenvalue weighted by molar-refractivity contribution is 5.78. The number of carbonyl (C=O) groups is 2. The van der Waals surface area contributed by atoms with Gasteiger partial charge in [-0.05, 0) is 24.1 Å². The molecule has 98 valence electrons. The van der Waals surface area contributed by atoms with Crippen LogP contribution in [0.3, 0.4) is 0 Å². The first-order valence-electron chi connectivity index (χ1n) is 5.73. The third-order valence-electron chi connectivity index (χ3n) is 2.41. The van der Waals surface area contributed by atoms with Crippen molar-refractivity contribution in [2.75, 3.05) is 13.7 Å². The van der Waals surface area contributed by atoms with E-state index >= 15 is 0 Å². The van der Waals surface area contributed by atoms with Crippen LogP contribution in [0.4, 0.5) is 0 Å². The van der Waals surface area contributed by atoms with Gasteiger partial charge in [0.2, 0.25) is 5.91 Å². The molecule has 0 atom stereocenters. The number of carboxylic acid groups (broad SMARTS) is 1. The quantitative estimate of drug-likeness (QED) is 0.714. The summed E-state index contributed by atoms with van der Waals surface area (Å²) in [5.74, 6) is -0.203. The Morgan fingerprint density at radius 2 is 1.94 bits per heavy atom. The van der Waals surface area contributed by atoms with E-state index in [-0.39, 0.29) is 18.7 Å². The average Bonchev–Trinajstić information content (AvgIpc) is 2.35. The first kappa shape index (κ1) is 14.0. The highest BCUT2D eigenvalue weighted by atomic mass is 16.5. The lowest BCUT2D eigenvalue weighted by atomic mass is 10.1. The summed E-state index contributed by atoms with van der Waals surface area (Å²) in [6.07, 6.45) is 0.809. The van der Waals surface area contributed by atoms with Gasteiger partial charge in [-0.3, -0.25) is 9.59 Å². The van der Waals surface area contributed by atoms with Gasteiger partial charge in [-0.15, -0.1) is 0 Å². The molecule has 5 nitrogen and oxygen atoms in total. The van der Waals surface area contributed by atoms with E-state index in [1.165, 1.54) is 0 Å². The molecule has 1 amide bonds. The third-order valence-corrected chi connectivity index (χ3v) is 2.41. The Morgan fingerprint density at radius 3 is 2.50 bits per heavy atom. The van der Waals surface area contributed by atoms with Crippen LogP contribution in [0, 0.1) is 0 Å². The number of rotatable bonds is 7. The van der Waals surface area contributed by atoms with Crippen LogP contribution < -0.4 is 10.1 Å². The molecule has 2 N–H and O–H groups in total. The van der Waals surface area contributed by atoms with Crippen LogP contribution in [0.5, 0.6) is 5.75 Å². The second kappa shape index (κ2) is 7.32. The first-order valence-corrected chi connectivity index (χ1v) is 5.73. The van der Waals surface area contributed by atoms with Crippen LogP contribution in [0.25, 0.3) is 0 Å². The van der Waals surface area contributed by atoms with Gasteiger partial charge in [0.15, 0.2) is 0 Å². The number of aliphatic carboxylic acids is 1. The normalized spacial score (nSPS) is 9.83. The zero-order valence-electron chi connectivity index (χ0n) is 10.3. The Morgan fingerprint density at radius 1 is 1.28 bits per heavy atom. The lowest BCUT2D eigenvalue weighted by molar-refractivity contribution is -0.137. The monoisotopic (exact) mass is 251 g/mol. The van der Waals surface area contributed by atoms with Crippen molar-refractivity contribution in [3.05, 3.63) is 29.8 Å². The fourth-order valence-corrected chi connectivity index (χ4v) is 1.46. The molecule has 0 saturated heterocycles. The molecule has 0 aliphatic rings. The predicted molar refractivity (Wildman–Crippen MR) is 66.6 cm³/mol. The standard InChI is InChI=1S/C13H17NO4/c1-18-11-6-4-10(5-7-11)9-12(15)14-8-2-3-13(16)17/h4-7H,2-3,8-9H2,1H3,(H,14,15)(H,16,17). The topological polar surface area (TPSA) is 75.6 Å². The zero-order valence-corrected chi connectivity index (χ0v) is 10.3. The predicted octanol–water partition coefficient (Wildman–Crippen LogP) is 1.22. The molecule has 18 heavy (non-hydrogen) atoms. The fraction of sp³-hybridized carbons (Fsp3) is 0.385. The lowest BCUT2D eigenvalue weighted by Gasteiger charge is -2.05. The van der Waals surface area contributed by atoms with Crippen molar-refractivity contribution in [2.45, 2.75) is 19.3 Å². The number of nitrogens with one attached hydrogen (secondary N) is 1. The fourth-order valence-electron chi connectivity index (χ4n) is 1.46. The summed E-state index contributed by atoms with van der Waals surface area (Å²) in [5, 5.41) is 11.1. The Hall–Kier alpha value is -2.04. The van der Waals surface area contributed by atoms with Crippen molar-refractivity contribution < 1.29 is 19.4 Å². The molecule has 0 saturated carbocycles. The highest BCUT2D eigenvalue weighted by Gasteiger charge is 2.03. The lowest BCUT2D eigenvalue weighted by Crippen LogP contribution is -2.26. The summed E-state index contributed by atoms with van der Waals surface area (Å²) >= 11 is 0. The Kier molecular flexibility index (Phi) is 5.70. The van der Waals surface area contributed by atoms with Gasteiger partial charge in [0.05, 0.1) is 13.5 Å². The van der Waals surface area contributed by atoms with Gasteiger partial charge in [0.1, 0.15) is 5.75 Å². The van der Waals surface area contributed by atoms with E-state index in [1.807, 2.05) is 12.1 Å². The van der Waals surface area contributed by atoms with Gasteiger partial charge in [0.25, 0.3) is 0 Å². The van der Waals surface area contributed by atoms with Crippen LogP contribution in [0.15, 0.2) is 24.3 Å². The summed E-state index contributed by atoms with van der Waals surface area (Å²) in [6, 6.07) is 7.26. The molecule has 0 heterocycles. The number of hydrogen-bond donors (Lipinski definition) is 2.